The van der Waals surface area contributed by atoms with E-state index in [0.717, 1.165) is 11.1 Å². The molecule has 68 heavy (non-hydrogen) atoms. The lowest BCUT2D eigenvalue weighted by molar-refractivity contribution is -0.155. The van der Waals surface area contributed by atoms with Gasteiger partial charge >= 0.3 is 23.9 Å². The molecule has 1 aliphatic rings. The third-order valence-electron chi connectivity index (χ3n) is 10.1. The van der Waals surface area contributed by atoms with E-state index < -0.39 is 51.0 Å². The summed E-state index contributed by atoms with van der Waals surface area (Å²) >= 11 is 0. The van der Waals surface area contributed by atoms with Crippen molar-refractivity contribution in [1.82, 2.24) is 0 Å². The SMILES string of the molecule is COCCC(=O)CCP(C)(=O)OCCOC(=O)c1ccc(C(C)=O)cc1.COCCOC(=O)CC(CP1(=O)Oc2ccccc2-c2ccccc21)C(=O)OCCOC(=O)c1ccc(C(C)=O)cc1. The van der Waals surface area contributed by atoms with E-state index in [-0.39, 0.29) is 87.7 Å². The van der Waals surface area contributed by atoms with E-state index in [1.165, 1.54) is 71.1 Å². The topological polar surface area (TPSA) is 227 Å². The van der Waals surface area contributed by atoms with Crippen molar-refractivity contribution < 1.29 is 80.2 Å². The molecule has 4 aromatic carbocycles. The molecule has 1 heterocycles. The normalized spacial score (nSPS) is 14.7. The van der Waals surface area contributed by atoms with Crippen molar-refractivity contribution in [1.29, 1.82) is 0 Å². The highest BCUT2D eigenvalue weighted by Gasteiger charge is 2.41. The highest BCUT2D eigenvalue weighted by molar-refractivity contribution is 7.67. The molecule has 0 aromatic heterocycles. The maximum absolute atomic E-state index is 14.3. The van der Waals surface area contributed by atoms with E-state index in [4.69, 9.17) is 37.5 Å². The van der Waals surface area contributed by atoms with Gasteiger partial charge in [0.05, 0.1) is 54.8 Å². The number of ketones is 3. The summed E-state index contributed by atoms with van der Waals surface area (Å²) in [5, 5.41) is 0.443. The number of fused-ring (bicyclic) bond motifs is 3. The molecule has 0 saturated carbocycles. The van der Waals surface area contributed by atoms with Gasteiger partial charge in [-0.2, -0.15) is 0 Å². The van der Waals surface area contributed by atoms with Crippen LogP contribution in [0.15, 0.2) is 97.1 Å². The minimum absolute atomic E-state index is 0.00911. The molecule has 0 amide bonds. The van der Waals surface area contributed by atoms with Crippen LogP contribution in [0.1, 0.15) is 74.5 Å². The van der Waals surface area contributed by atoms with E-state index in [9.17, 15) is 42.7 Å². The predicted molar refractivity (Wildman–Crippen MR) is 250 cm³/mol. The van der Waals surface area contributed by atoms with Crippen LogP contribution in [0.2, 0.25) is 0 Å². The number of para-hydroxylation sites is 1. The summed E-state index contributed by atoms with van der Waals surface area (Å²) in [5.41, 5.74) is 3.01. The van der Waals surface area contributed by atoms with Gasteiger partial charge in [-0.1, -0.05) is 60.7 Å². The number of esters is 4. The van der Waals surface area contributed by atoms with Gasteiger partial charge in [0.15, 0.2) is 11.6 Å². The number of ether oxygens (including phenoxy) is 6. The monoisotopic (exact) mass is 978 g/mol. The lowest BCUT2D eigenvalue weighted by Gasteiger charge is -2.30. The van der Waals surface area contributed by atoms with Crippen molar-refractivity contribution in [2.24, 2.45) is 5.92 Å². The summed E-state index contributed by atoms with van der Waals surface area (Å²) < 4.78 is 68.3. The van der Waals surface area contributed by atoms with Crippen molar-refractivity contribution in [2.75, 3.05) is 79.5 Å². The standard InChI is InChI=1S/C31H31O10P.C18H25O7P/c1-21(32)22-11-13-23(14-12-22)30(34)39-17-18-40-31(35)24(19-29(33)38-16-15-37-2)20-42(36)28-10-6-4-8-26(28)25-7-3-5-9-27(25)41-42;1-14(19)15-4-6-16(7-5-15)18(21)24-11-12-25-26(3,22)13-9-17(20)8-10-23-2/h3-14,24H,15-20H2,1-2H3;4-7H,8-13H2,1-3H3. The molecule has 3 atom stereocenters. The van der Waals surface area contributed by atoms with Gasteiger partial charge < -0.3 is 37.5 Å². The molecule has 17 nitrogen and oxygen atoms in total. The minimum atomic E-state index is -3.68. The van der Waals surface area contributed by atoms with Gasteiger partial charge in [0.2, 0.25) is 7.37 Å². The number of benzene rings is 4. The summed E-state index contributed by atoms with van der Waals surface area (Å²) in [6.07, 6.45) is -0.104. The molecule has 0 aliphatic carbocycles. The first-order chi connectivity index (χ1) is 32.5. The second-order valence-electron chi connectivity index (χ2n) is 15.4. The van der Waals surface area contributed by atoms with Gasteiger partial charge in [-0.05, 0) is 55.8 Å². The largest absolute Gasteiger partial charge is 0.463 e. The zero-order valence-corrected chi connectivity index (χ0v) is 40.4. The molecule has 0 spiro atoms. The third kappa shape index (κ3) is 17.2. The molecule has 0 N–H and O–H groups in total. The molecule has 0 fully saturated rings. The number of hydrogen-bond acceptors (Lipinski definition) is 17. The van der Waals surface area contributed by atoms with Crippen LogP contribution in [0.3, 0.4) is 0 Å². The van der Waals surface area contributed by atoms with Crippen molar-refractivity contribution >= 4 is 61.3 Å². The van der Waals surface area contributed by atoms with E-state index in [2.05, 4.69) is 0 Å². The zero-order chi connectivity index (χ0) is 49.7. The van der Waals surface area contributed by atoms with Crippen LogP contribution in [0.25, 0.3) is 11.1 Å². The van der Waals surface area contributed by atoms with Gasteiger partial charge in [-0.25, -0.2) is 9.59 Å². The molecular weight excluding hydrogens is 922 g/mol. The molecule has 0 radical (unpaired) electrons. The first-order valence-electron chi connectivity index (χ1n) is 21.5. The smallest absolute Gasteiger partial charge is 0.338 e. The lowest BCUT2D eigenvalue weighted by Crippen LogP contribution is -2.30. The van der Waals surface area contributed by atoms with E-state index >= 15 is 0 Å². The molecule has 0 saturated heterocycles. The maximum atomic E-state index is 14.3. The summed E-state index contributed by atoms with van der Waals surface area (Å²) in [6.45, 7) is 4.21. The van der Waals surface area contributed by atoms with Crippen LogP contribution in [0.4, 0.5) is 0 Å². The fourth-order valence-corrected chi connectivity index (χ4v) is 10.3. The average Bonchev–Trinajstić information content (AvgIpc) is 3.33. The van der Waals surface area contributed by atoms with Crippen LogP contribution in [-0.4, -0.2) is 121 Å². The Morgan fingerprint density at radius 1 is 0.588 bits per heavy atom. The molecule has 4 aromatic rings. The second kappa shape index (κ2) is 27.0. The quantitative estimate of drug-likeness (QED) is 0.0207. The third-order valence-corrected chi connectivity index (χ3v) is 14.4. The average molecular weight is 979 g/mol. The van der Waals surface area contributed by atoms with Crippen molar-refractivity contribution in [3.8, 4) is 16.9 Å². The Bertz CT molecular complexity index is 2480. The number of carbonyl (C=O) groups is 7. The molecule has 5 rings (SSSR count). The van der Waals surface area contributed by atoms with Crippen molar-refractivity contribution in [2.45, 2.75) is 33.1 Å². The number of hydrogen-bond donors (Lipinski definition) is 0. The van der Waals surface area contributed by atoms with Gasteiger partial charge in [0.25, 0.3) is 7.37 Å². The van der Waals surface area contributed by atoms with Gasteiger partial charge in [-0.15, -0.1) is 0 Å². The number of carbonyl (C=O) groups excluding carboxylic acids is 7. The number of rotatable bonds is 25. The van der Waals surface area contributed by atoms with Crippen molar-refractivity contribution in [3.63, 3.8) is 0 Å². The molecule has 19 heteroatoms. The Balaban J connectivity index is 0.000000334. The summed E-state index contributed by atoms with van der Waals surface area (Å²) in [6, 6.07) is 26.3. The molecule has 364 valence electrons. The Morgan fingerprint density at radius 3 is 1.66 bits per heavy atom. The van der Waals surface area contributed by atoms with E-state index in [0.29, 0.717) is 34.4 Å². The number of Topliss-reactive ketones (excluding diaryl/α,β-unsaturated/α-hetero) is 3. The van der Waals surface area contributed by atoms with E-state index in [1.807, 2.05) is 24.3 Å². The van der Waals surface area contributed by atoms with Gasteiger partial charge in [0, 0.05) is 56.6 Å². The summed E-state index contributed by atoms with van der Waals surface area (Å²) in [7, 11) is -3.63. The Morgan fingerprint density at radius 2 is 1.09 bits per heavy atom. The van der Waals surface area contributed by atoms with Crippen LogP contribution in [0, 0.1) is 5.92 Å². The second-order valence-corrected chi connectivity index (χ2v) is 20.5. The molecule has 1 aliphatic heterocycles. The van der Waals surface area contributed by atoms with Crippen LogP contribution in [0.5, 0.6) is 5.75 Å². The Hall–Kier alpha value is -6.09. The first kappa shape index (κ1) is 54.5. The van der Waals surface area contributed by atoms with Crippen LogP contribution < -0.4 is 9.83 Å². The predicted octanol–water partition coefficient (Wildman–Crippen LogP) is 7.41. The molecule has 3 unspecified atom stereocenters. The Labute approximate surface area is 395 Å². The first-order valence-corrected chi connectivity index (χ1v) is 25.6. The highest BCUT2D eigenvalue weighted by atomic mass is 31.2. The van der Waals surface area contributed by atoms with Crippen LogP contribution >= 0.6 is 14.7 Å². The molecule has 0 bridgehead atoms. The lowest BCUT2D eigenvalue weighted by atomic mass is 10.0. The summed E-state index contributed by atoms with van der Waals surface area (Å²) in [4.78, 5) is 84.1. The molecular formula is C49H56O17P2. The maximum Gasteiger partial charge on any atom is 0.338 e. The summed E-state index contributed by atoms with van der Waals surface area (Å²) in [5.74, 6) is -3.71. The minimum Gasteiger partial charge on any atom is -0.463 e. The van der Waals surface area contributed by atoms with Gasteiger partial charge in [-0.3, -0.25) is 33.1 Å². The fraction of sp³-hybridized carbons (Fsp3) is 0.367. The fourth-order valence-electron chi connectivity index (χ4n) is 6.46. The van der Waals surface area contributed by atoms with E-state index in [1.54, 1.807) is 36.4 Å². The van der Waals surface area contributed by atoms with Crippen LogP contribution in [-0.2, 0) is 56.5 Å². The van der Waals surface area contributed by atoms with Crippen molar-refractivity contribution in [3.05, 3.63) is 119 Å². The Kier molecular flexibility index (Phi) is 21.7. The van der Waals surface area contributed by atoms with Gasteiger partial charge in [0.1, 0.15) is 38.0 Å². The highest BCUT2D eigenvalue weighted by Crippen LogP contribution is 2.55. The zero-order valence-electron chi connectivity index (χ0n) is 38.6. The number of methoxy groups -OCH3 is 2.